The van der Waals surface area contributed by atoms with Crippen LogP contribution in [0, 0.1) is 5.92 Å². The third-order valence-electron chi connectivity index (χ3n) is 6.04. The van der Waals surface area contributed by atoms with Gasteiger partial charge in [0.05, 0.1) is 22.9 Å². The Hall–Kier alpha value is -2.98. The van der Waals surface area contributed by atoms with E-state index in [1.807, 2.05) is 38.1 Å². The molecule has 2 heterocycles. The van der Waals surface area contributed by atoms with Crippen LogP contribution >= 0.6 is 0 Å². The van der Waals surface area contributed by atoms with Crippen molar-refractivity contribution in [3.8, 4) is 5.75 Å². The van der Waals surface area contributed by atoms with E-state index in [4.69, 9.17) is 4.74 Å². The second-order valence-corrected chi connectivity index (χ2v) is 10.4. The molecule has 10 heteroatoms. The van der Waals surface area contributed by atoms with Crippen molar-refractivity contribution in [3.63, 3.8) is 0 Å². The minimum Gasteiger partial charge on any atom is -0.494 e. The highest BCUT2D eigenvalue weighted by molar-refractivity contribution is 7.89. The molecule has 9 nitrogen and oxygen atoms in total. The number of piperidine rings is 1. The molecule has 1 amide bonds. The van der Waals surface area contributed by atoms with Crippen molar-refractivity contribution in [2.75, 3.05) is 19.7 Å². The summed E-state index contributed by atoms with van der Waals surface area (Å²) in [5, 5.41) is 11.2. The maximum Gasteiger partial charge on any atom is 0.243 e. The third kappa shape index (κ3) is 5.07. The summed E-state index contributed by atoms with van der Waals surface area (Å²) in [6.45, 7) is 6.11. The quantitative estimate of drug-likeness (QED) is 0.499. The van der Waals surface area contributed by atoms with Crippen LogP contribution in [0.5, 0.6) is 5.75 Å². The Balaban J connectivity index is 1.44. The first-order chi connectivity index (χ1) is 16.4. The predicted molar refractivity (Wildman–Crippen MR) is 129 cm³/mol. The standard InChI is InChI=1S/C24H31N5O4S/c1-3-13-29-22-12-11-20(15-21(22)26-27-29)34(31,32)28-14-7-9-19(17-28)24(30)25-16-18-8-5-6-10-23(18)33-4-2/h5-6,8,10-12,15,19H,3-4,7,9,13-14,16-17H2,1-2H3,(H,25,30). The lowest BCUT2D eigenvalue weighted by Gasteiger charge is -2.31. The number of carbonyl (C=O) groups excluding carboxylic acids is 1. The average molecular weight is 486 g/mol. The van der Waals surface area contributed by atoms with Crippen LogP contribution < -0.4 is 10.1 Å². The molecule has 1 aliphatic rings. The molecule has 1 atom stereocenters. The lowest BCUT2D eigenvalue weighted by molar-refractivity contribution is -0.126. The fourth-order valence-corrected chi connectivity index (χ4v) is 5.83. The smallest absolute Gasteiger partial charge is 0.243 e. The SMILES string of the molecule is CCCn1nnc2cc(S(=O)(=O)N3CCCC(C(=O)NCc4ccccc4OCC)C3)ccc21. The van der Waals surface area contributed by atoms with E-state index < -0.39 is 15.9 Å². The molecule has 1 saturated heterocycles. The van der Waals surface area contributed by atoms with Gasteiger partial charge >= 0.3 is 0 Å². The molecule has 1 N–H and O–H groups in total. The van der Waals surface area contributed by atoms with Crippen LogP contribution in [0.4, 0.5) is 0 Å². The molecule has 0 spiro atoms. The molecule has 1 fully saturated rings. The molecule has 0 bridgehead atoms. The van der Waals surface area contributed by atoms with Crippen LogP contribution in [-0.2, 0) is 27.9 Å². The number of hydrogen-bond donors (Lipinski definition) is 1. The van der Waals surface area contributed by atoms with Gasteiger partial charge in [-0.25, -0.2) is 13.1 Å². The van der Waals surface area contributed by atoms with Gasteiger partial charge in [0.1, 0.15) is 11.3 Å². The van der Waals surface area contributed by atoms with Crippen molar-refractivity contribution in [1.29, 1.82) is 0 Å². The van der Waals surface area contributed by atoms with Gasteiger partial charge in [-0.15, -0.1) is 5.10 Å². The molecular weight excluding hydrogens is 454 g/mol. The average Bonchev–Trinajstić information content (AvgIpc) is 3.26. The summed E-state index contributed by atoms with van der Waals surface area (Å²) in [6, 6.07) is 12.5. The number of sulfonamides is 1. The molecule has 1 unspecified atom stereocenters. The number of nitrogens with zero attached hydrogens (tertiary/aromatic N) is 4. The van der Waals surface area contributed by atoms with E-state index in [1.165, 1.54) is 4.31 Å². The Morgan fingerprint density at radius 3 is 2.82 bits per heavy atom. The van der Waals surface area contributed by atoms with E-state index in [9.17, 15) is 13.2 Å². The Morgan fingerprint density at radius 1 is 1.21 bits per heavy atom. The summed E-state index contributed by atoms with van der Waals surface area (Å²) >= 11 is 0. The number of carbonyl (C=O) groups is 1. The first-order valence-corrected chi connectivity index (χ1v) is 13.2. The van der Waals surface area contributed by atoms with Crippen LogP contribution in [0.1, 0.15) is 38.7 Å². The molecule has 4 rings (SSSR count). The van der Waals surface area contributed by atoms with E-state index >= 15 is 0 Å². The van der Waals surface area contributed by atoms with Gasteiger partial charge in [-0.3, -0.25) is 4.79 Å². The third-order valence-corrected chi connectivity index (χ3v) is 7.90. The zero-order chi connectivity index (χ0) is 24.1. The van der Waals surface area contributed by atoms with Crippen LogP contribution in [0.25, 0.3) is 11.0 Å². The Kier molecular flexibility index (Phi) is 7.47. The summed E-state index contributed by atoms with van der Waals surface area (Å²) < 4.78 is 35.5. The molecule has 0 saturated carbocycles. The second-order valence-electron chi connectivity index (χ2n) is 8.42. The van der Waals surface area contributed by atoms with Gasteiger partial charge in [-0.1, -0.05) is 30.3 Å². The summed E-state index contributed by atoms with van der Waals surface area (Å²) in [5.41, 5.74) is 2.25. The summed E-state index contributed by atoms with van der Waals surface area (Å²) in [4.78, 5) is 13.1. The zero-order valence-corrected chi connectivity index (χ0v) is 20.4. The predicted octanol–water partition coefficient (Wildman–Crippen LogP) is 2.96. The highest BCUT2D eigenvalue weighted by atomic mass is 32.2. The molecule has 3 aromatic rings. The molecule has 0 radical (unpaired) electrons. The number of aromatic nitrogens is 3. The molecule has 34 heavy (non-hydrogen) atoms. The first kappa shape index (κ1) is 24.2. The summed E-state index contributed by atoms with van der Waals surface area (Å²) in [7, 11) is -3.75. The van der Waals surface area contributed by atoms with E-state index in [1.54, 1.807) is 22.9 Å². The molecule has 182 valence electrons. The minimum absolute atomic E-state index is 0.149. The molecule has 1 aliphatic heterocycles. The number of rotatable bonds is 9. The molecular formula is C24H31N5O4S. The summed E-state index contributed by atoms with van der Waals surface area (Å²) in [5.74, 6) is 0.186. The van der Waals surface area contributed by atoms with Gasteiger partial charge in [0.25, 0.3) is 0 Å². The van der Waals surface area contributed by atoms with E-state index in [2.05, 4.69) is 15.6 Å². The summed E-state index contributed by atoms with van der Waals surface area (Å²) in [6.07, 6.45) is 2.18. The first-order valence-electron chi connectivity index (χ1n) is 11.8. The maximum atomic E-state index is 13.4. The number of benzene rings is 2. The Morgan fingerprint density at radius 2 is 2.03 bits per heavy atom. The van der Waals surface area contributed by atoms with Crippen molar-refractivity contribution in [2.24, 2.45) is 5.92 Å². The van der Waals surface area contributed by atoms with Gasteiger partial charge in [-0.05, 0) is 50.5 Å². The largest absolute Gasteiger partial charge is 0.494 e. The number of para-hydroxylation sites is 1. The molecule has 0 aliphatic carbocycles. The van der Waals surface area contributed by atoms with Crippen molar-refractivity contribution < 1.29 is 17.9 Å². The van der Waals surface area contributed by atoms with Crippen molar-refractivity contribution >= 4 is 27.0 Å². The van der Waals surface area contributed by atoms with E-state index in [0.29, 0.717) is 38.1 Å². The van der Waals surface area contributed by atoms with Crippen LogP contribution in [0.3, 0.4) is 0 Å². The highest BCUT2D eigenvalue weighted by Crippen LogP contribution is 2.26. The minimum atomic E-state index is -3.75. The number of nitrogens with one attached hydrogen (secondary N) is 1. The normalized spacial score (nSPS) is 17.1. The number of hydrogen-bond acceptors (Lipinski definition) is 6. The molecule has 1 aromatic heterocycles. The van der Waals surface area contributed by atoms with E-state index in [-0.39, 0.29) is 17.3 Å². The van der Waals surface area contributed by atoms with Gasteiger partial charge in [0, 0.05) is 31.7 Å². The van der Waals surface area contributed by atoms with Gasteiger partial charge in [0.2, 0.25) is 15.9 Å². The van der Waals surface area contributed by atoms with E-state index in [0.717, 1.165) is 29.8 Å². The number of fused-ring (bicyclic) bond motifs is 1. The molecule has 2 aromatic carbocycles. The Bertz CT molecular complexity index is 1260. The number of amides is 1. The van der Waals surface area contributed by atoms with Crippen molar-refractivity contribution in [3.05, 3.63) is 48.0 Å². The second kappa shape index (κ2) is 10.5. The van der Waals surface area contributed by atoms with Gasteiger partial charge < -0.3 is 10.1 Å². The van der Waals surface area contributed by atoms with Crippen molar-refractivity contribution in [1.82, 2.24) is 24.6 Å². The lowest BCUT2D eigenvalue weighted by atomic mass is 9.98. The fraction of sp³-hybridized carbons (Fsp3) is 0.458. The van der Waals surface area contributed by atoms with Gasteiger partial charge in [-0.2, -0.15) is 4.31 Å². The monoisotopic (exact) mass is 485 g/mol. The van der Waals surface area contributed by atoms with Crippen molar-refractivity contribution in [2.45, 2.75) is 51.1 Å². The maximum absolute atomic E-state index is 13.4. The lowest BCUT2D eigenvalue weighted by Crippen LogP contribution is -2.45. The number of ether oxygens (including phenoxy) is 1. The number of aryl methyl sites for hydroxylation is 1. The van der Waals surface area contributed by atoms with Gasteiger partial charge in [0.15, 0.2) is 0 Å². The Labute approximate surface area is 200 Å². The zero-order valence-electron chi connectivity index (χ0n) is 19.6. The van der Waals surface area contributed by atoms with Crippen LogP contribution in [0.15, 0.2) is 47.4 Å². The topological polar surface area (TPSA) is 106 Å². The van der Waals surface area contributed by atoms with Crippen LogP contribution in [0.2, 0.25) is 0 Å². The highest BCUT2D eigenvalue weighted by Gasteiger charge is 2.33. The fourth-order valence-electron chi connectivity index (χ4n) is 4.29. The van der Waals surface area contributed by atoms with Crippen LogP contribution in [-0.4, -0.2) is 53.3 Å².